The summed E-state index contributed by atoms with van der Waals surface area (Å²) in [6, 6.07) is 5.77. The number of hydrogen-bond acceptors (Lipinski definition) is 3. The predicted octanol–water partition coefficient (Wildman–Crippen LogP) is 4.03. The summed E-state index contributed by atoms with van der Waals surface area (Å²) in [5.74, 6) is 1.32. The van der Waals surface area contributed by atoms with E-state index >= 15 is 0 Å². The Bertz CT molecular complexity index is 435. The van der Waals surface area contributed by atoms with Crippen molar-refractivity contribution in [3.8, 4) is 5.75 Å². The molecule has 0 bridgehead atoms. The van der Waals surface area contributed by atoms with E-state index in [1.807, 2.05) is 6.07 Å². The molecule has 1 saturated heterocycles. The summed E-state index contributed by atoms with van der Waals surface area (Å²) in [5.41, 5.74) is 1.05. The van der Waals surface area contributed by atoms with Crippen LogP contribution in [0.4, 0.5) is 4.39 Å². The topological polar surface area (TPSA) is 21.3 Å². The van der Waals surface area contributed by atoms with E-state index in [1.54, 1.807) is 12.1 Å². The fourth-order valence-corrected chi connectivity index (χ4v) is 4.27. The number of thioether (sulfide) groups is 1. The van der Waals surface area contributed by atoms with Crippen LogP contribution in [0.1, 0.15) is 38.2 Å². The van der Waals surface area contributed by atoms with Crippen molar-refractivity contribution in [3.63, 3.8) is 0 Å². The molecule has 0 aromatic heterocycles. The van der Waals surface area contributed by atoms with Gasteiger partial charge in [-0.25, -0.2) is 4.39 Å². The van der Waals surface area contributed by atoms with E-state index in [0.29, 0.717) is 17.0 Å². The molecule has 2 atom stereocenters. The van der Waals surface area contributed by atoms with Crippen LogP contribution in [0, 0.1) is 5.82 Å². The molecule has 1 aliphatic heterocycles. The van der Waals surface area contributed by atoms with Crippen LogP contribution in [0.15, 0.2) is 18.2 Å². The molecule has 1 aromatic rings. The Morgan fingerprint density at radius 2 is 2.29 bits per heavy atom. The van der Waals surface area contributed by atoms with Gasteiger partial charge in [0.05, 0.1) is 7.11 Å². The van der Waals surface area contributed by atoms with E-state index < -0.39 is 0 Å². The fourth-order valence-electron chi connectivity index (χ4n) is 2.84. The minimum atomic E-state index is -0.263. The van der Waals surface area contributed by atoms with Gasteiger partial charge in [0.15, 0.2) is 11.6 Å². The van der Waals surface area contributed by atoms with Crippen LogP contribution in [-0.2, 0) is 6.42 Å². The molecule has 2 nitrogen and oxygen atoms in total. The molecule has 1 heterocycles. The third kappa shape index (κ3) is 4.89. The molecule has 1 aliphatic rings. The van der Waals surface area contributed by atoms with Gasteiger partial charge in [-0.05, 0) is 55.7 Å². The minimum Gasteiger partial charge on any atom is -0.494 e. The lowest BCUT2D eigenvalue weighted by molar-refractivity contribution is 0.385. The Balaban J connectivity index is 2.04. The lowest BCUT2D eigenvalue weighted by Crippen LogP contribution is -2.41. The summed E-state index contributed by atoms with van der Waals surface area (Å²) >= 11 is 2.07. The largest absolute Gasteiger partial charge is 0.494 e. The number of benzene rings is 1. The maximum Gasteiger partial charge on any atom is 0.165 e. The molecule has 0 spiro atoms. The molecule has 1 aromatic carbocycles. The van der Waals surface area contributed by atoms with E-state index in [1.165, 1.54) is 32.1 Å². The van der Waals surface area contributed by atoms with Gasteiger partial charge in [-0.15, -0.1) is 0 Å². The molecule has 0 aliphatic carbocycles. The van der Waals surface area contributed by atoms with Crippen molar-refractivity contribution in [2.45, 2.75) is 50.3 Å². The maximum atomic E-state index is 13.8. The van der Waals surface area contributed by atoms with Gasteiger partial charge >= 0.3 is 0 Å². The number of halogens is 1. The zero-order chi connectivity index (χ0) is 15.1. The molecule has 0 saturated carbocycles. The summed E-state index contributed by atoms with van der Waals surface area (Å²) in [6.45, 7) is 3.21. The first-order chi connectivity index (χ1) is 10.2. The third-order valence-corrected chi connectivity index (χ3v) is 5.51. The number of methoxy groups -OCH3 is 1. The first kappa shape index (κ1) is 16.6. The van der Waals surface area contributed by atoms with Crippen molar-refractivity contribution >= 4 is 11.8 Å². The second kappa shape index (κ2) is 8.64. The Hall–Kier alpha value is -0.740. The van der Waals surface area contributed by atoms with Gasteiger partial charge < -0.3 is 10.1 Å². The molecule has 0 radical (unpaired) electrons. The molecule has 118 valence electrons. The second-order valence-electron chi connectivity index (χ2n) is 5.64. The average molecular weight is 311 g/mol. The molecular formula is C17H26FNOS. The number of hydrogen-bond donors (Lipinski definition) is 1. The number of nitrogens with one attached hydrogen (secondary N) is 1. The zero-order valence-electron chi connectivity index (χ0n) is 13.0. The van der Waals surface area contributed by atoms with Crippen LogP contribution in [0.3, 0.4) is 0 Å². The highest BCUT2D eigenvalue weighted by Crippen LogP contribution is 2.29. The number of ether oxygens (including phenoxy) is 1. The summed E-state index contributed by atoms with van der Waals surface area (Å²) in [7, 11) is 1.50. The highest BCUT2D eigenvalue weighted by atomic mass is 32.2. The van der Waals surface area contributed by atoms with Crippen LogP contribution in [0.2, 0.25) is 0 Å². The fraction of sp³-hybridized carbons (Fsp3) is 0.647. The van der Waals surface area contributed by atoms with Crippen molar-refractivity contribution in [2.24, 2.45) is 0 Å². The van der Waals surface area contributed by atoms with Crippen LogP contribution < -0.4 is 10.1 Å². The van der Waals surface area contributed by atoms with Gasteiger partial charge in [-0.3, -0.25) is 0 Å². The molecule has 1 fully saturated rings. The molecule has 2 rings (SSSR count). The normalized spacial score (nSPS) is 20.2. The van der Waals surface area contributed by atoms with Crippen molar-refractivity contribution in [1.82, 2.24) is 5.32 Å². The van der Waals surface area contributed by atoms with Gasteiger partial charge in [0, 0.05) is 11.3 Å². The Morgan fingerprint density at radius 1 is 1.43 bits per heavy atom. The first-order valence-corrected chi connectivity index (χ1v) is 8.97. The Morgan fingerprint density at radius 3 is 2.90 bits per heavy atom. The zero-order valence-corrected chi connectivity index (χ0v) is 13.8. The van der Waals surface area contributed by atoms with E-state index in [0.717, 1.165) is 24.9 Å². The standard InChI is InChI=1S/C17H26FNOS/c1-3-9-19-15(17-6-4-5-10-21-17)12-13-7-8-16(20-2)14(18)11-13/h7-8,11,15,17,19H,3-6,9-10,12H2,1-2H3. The second-order valence-corrected chi connectivity index (χ2v) is 6.99. The molecule has 2 unspecified atom stereocenters. The summed E-state index contributed by atoms with van der Waals surface area (Å²) in [6.07, 6.45) is 5.94. The molecule has 0 amide bonds. The molecular weight excluding hydrogens is 285 g/mol. The van der Waals surface area contributed by atoms with E-state index in [-0.39, 0.29) is 5.82 Å². The van der Waals surface area contributed by atoms with Crippen LogP contribution >= 0.6 is 11.8 Å². The van der Waals surface area contributed by atoms with Crippen LogP contribution in [0.25, 0.3) is 0 Å². The summed E-state index contributed by atoms with van der Waals surface area (Å²) in [4.78, 5) is 0. The van der Waals surface area contributed by atoms with Gasteiger partial charge in [0.2, 0.25) is 0 Å². The van der Waals surface area contributed by atoms with E-state index in [4.69, 9.17) is 4.74 Å². The molecule has 1 N–H and O–H groups in total. The van der Waals surface area contributed by atoms with Crippen LogP contribution in [0.5, 0.6) is 5.75 Å². The van der Waals surface area contributed by atoms with Crippen molar-refractivity contribution in [2.75, 3.05) is 19.4 Å². The van der Waals surface area contributed by atoms with Gasteiger partial charge in [-0.1, -0.05) is 19.4 Å². The Kier molecular flexibility index (Phi) is 6.84. The van der Waals surface area contributed by atoms with Crippen LogP contribution in [-0.4, -0.2) is 30.7 Å². The quantitative estimate of drug-likeness (QED) is 0.821. The Labute approximate surface area is 131 Å². The van der Waals surface area contributed by atoms with Crippen molar-refractivity contribution in [1.29, 1.82) is 0 Å². The van der Waals surface area contributed by atoms with E-state index in [2.05, 4.69) is 24.0 Å². The highest BCUT2D eigenvalue weighted by Gasteiger charge is 2.24. The van der Waals surface area contributed by atoms with Gasteiger partial charge in [0.25, 0.3) is 0 Å². The smallest absolute Gasteiger partial charge is 0.165 e. The third-order valence-electron chi connectivity index (χ3n) is 3.99. The average Bonchev–Trinajstić information content (AvgIpc) is 2.52. The summed E-state index contributed by atoms with van der Waals surface area (Å²) < 4.78 is 18.8. The molecule has 21 heavy (non-hydrogen) atoms. The first-order valence-electron chi connectivity index (χ1n) is 7.92. The highest BCUT2D eigenvalue weighted by molar-refractivity contribution is 8.00. The van der Waals surface area contributed by atoms with Gasteiger partial charge in [-0.2, -0.15) is 11.8 Å². The lowest BCUT2D eigenvalue weighted by Gasteiger charge is -2.31. The molecule has 4 heteroatoms. The van der Waals surface area contributed by atoms with Gasteiger partial charge in [0.1, 0.15) is 0 Å². The lowest BCUT2D eigenvalue weighted by atomic mass is 9.99. The minimum absolute atomic E-state index is 0.263. The van der Waals surface area contributed by atoms with E-state index in [9.17, 15) is 4.39 Å². The maximum absolute atomic E-state index is 13.8. The summed E-state index contributed by atoms with van der Waals surface area (Å²) in [5, 5.41) is 4.31. The SMILES string of the molecule is CCCNC(Cc1ccc(OC)c(F)c1)C1CCCCS1. The van der Waals surface area contributed by atoms with Crippen molar-refractivity contribution < 1.29 is 9.13 Å². The van der Waals surface area contributed by atoms with Crippen molar-refractivity contribution in [3.05, 3.63) is 29.6 Å². The predicted molar refractivity (Wildman–Crippen MR) is 88.8 cm³/mol. The monoisotopic (exact) mass is 311 g/mol. The number of rotatable bonds is 7.